The Labute approximate surface area is 134 Å². The van der Waals surface area contributed by atoms with Gasteiger partial charge in [-0.1, -0.05) is 18.2 Å². The van der Waals surface area contributed by atoms with Gasteiger partial charge in [0.25, 0.3) is 0 Å². The van der Waals surface area contributed by atoms with Crippen LogP contribution in [0.3, 0.4) is 0 Å². The van der Waals surface area contributed by atoms with Crippen LogP contribution in [0.5, 0.6) is 11.5 Å². The molecule has 0 atom stereocenters. The molecule has 22 heavy (non-hydrogen) atoms. The molecule has 0 fully saturated rings. The summed E-state index contributed by atoms with van der Waals surface area (Å²) < 4.78 is 13.0. The molecule has 0 saturated heterocycles. The van der Waals surface area contributed by atoms with Crippen LogP contribution in [0.15, 0.2) is 41.3 Å². The van der Waals surface area contributed by atoms with E-state index < -0.39 is 0 Å². The number of hydrogen-bond donors (Lipinski definition) is 1. The zero-order valence-electron chi connectivity index (χ0n) is 12.7. The van der Waals surface area contributed by atoms with Gasteiger partial charge in [0.2, 0.25) is 0 Å². The van der Waals surface area contributed by atoms with Crippen molar-refractivity contribution < 1.29 is 14.6 Å². The summed E-state index contributed by atoms with van der Waals surface area (Å²) >= 11 is 1.74. The van der Waals surface area contributed by atoms with Gasteiger partial charge >= 0.3 is 0 Å². The molecule has 3 rings (SSSR count). The summed E-state index contributed by atoms with van der Waals surface area (Å²) in [7, 11) is 3.33. The second-order valence-electron chi connectivity index (χ2n) is 5.17. The highest BCUT2D eigenvalue weighted by atomic mass is 32.2. The third-order valence-electron chi connectivity index (χ3n) is 3.72. The molecular weight excluding hydrogens is 298 g/mol. The summed E-state index contributed by atoms with van der Waals surface area (Å²) in [6.07, 6.45) is 0. The molecule has 2 aromatic carbocycles. The zero-order valence-corrected chi connectivity index (χ0v) is 13.5. The molecule has 0 radical (unpaired) electrons. The van der Waals surface area contributed by atoms with E-state index in [1.54, 1.807) is 26.2 Å². The van der Waals surface area contributed by atoms with Crippen molar-refractivity contribution in [1.82, 2.24) is 4.31 Å². The van der Waals surface area contributed by atoms with E-state index in [1.165, 1.54) is 10.5 Å². The van der Waals surface area contributed by atoms with E-state index in [2.05, 4.69) is 16.4 Å². The van der Waals surface area contributed by atoms with E-state index >= 15 is 0 Å². The Morgan fingerprint density at radius 2 is 2.00 bits per heavy atom. The van der Waals surface area contributed by atoms with Gasteiger partial charge in [-0.15, -0.1) is 0 Å². The fourth-order valence-electron chi connectivity index (χ4n) is 2.57. The van der Waals surface area contributed by atoms with Gasteiger partial charge in [0.15, 0.2) is 0 Å². The lowest BCUT2D eigenvalue weighted by atomic mass is 10.1. The van der Waals surface area contributed by atoms with Gasteiger partial charge in [-0.05, 0) is 35.2 Å². The largest absolute Gasteiger partial charge is 0.497 e. The number of rotatable bonds is 5. The van der Waals surface area contributed by atoms with E-state index in [1.807, 2.05) is 24.3 Å². The van der Waals surface area contributed by atoms with E-state index in [9.17, 15) is 5.11 Å². The predicted molar refractivity (Wildman–Crippen MR) is 87.0 cm³/mol. The number of aliphatic hydroxyl groups is 1. The van der Waals surface area contributed by atoms with Crippen molar-refractivity contribution in [2.75, 3.05) is 14.2 Å². The molecule has 1 heterocycles. The summed E-state index contributed by atoms with van der Waals surface area (Å²) in [5, 5.41) is 9.24. The molecule has 1 aliphatic rings. The van der Waals surface area contributed by atoms with Crippen molar-refractivity contribution in [2.45, 2.75) is 24.6 Å². The lowest BCUT2D eigenvalue weighted by Gasteiger charge is -2.16. The van der Waals surface area contributed by atoms with Crippen LogP contribution < -0.4 is 9.47 Å². The van der Waals surface area contributed by atoms with Crippen molar-refractivity contribution in [3.8, 4) is 11.5 Å². The molecule has 0 amide bonds. The third-order valence-corrected chi connectivity index (χ3v) is 4.83. The van der Waals surface area contributed by atoms with Crippen molar-refractivity contribution in [3.05, 3.63) is 53.1 Å². The normalized spacial score (nSPS) is 14.0. The monoisotopic (exact) mass is 317 g/mol. The molecule has 0 saturated carbocycles. The first-order valence-electron chi connectivity index (χ1n) is 7.10. The molecular formula is C17H19NO3S. The first kappa shape index (κ1) is 15.2. The van der Waals surface area contributed by atoms with Crippen LogP contribution in [-0.4, -0.2) is 23.6 Å². The van der Waals surface area contributed by atoms with Crippen LogP contribution >= 0.6 is 11.9 Å². The SMILES string of the molecule is COc1ccc(CN2Cc3cc(CO)ccc3S2)c(OC)c1. The average molecular weight is 317 g/mol. The molecule has 0 aliphatic carbocycles. The lowest BCUT2D eigenvalue weighted by molar-refractivity contribution is 0.281. The molecule has 0 aromatic heterocycles. The number of methoxy groups -OCH3 is 2. The van der Waals surface area contributed by atoms with Crippen LogP contribution in [0.4, 0.5) is 0 Å². The van der Waals surface area contributed by atoms with Gasteiger partial charge in [-0.3, -0.25) is 0 Å². The summed E-state index contributed by atoms with van der Waals surface area (Å²) in [6.45, 7) is 1.74. The number of benzene rings is 2. The van der Waals surface area contributed by atoms with Crippen molar-refractivity contribution >= 4 is 11.9 Å². The summed E-state index contributed by atoms with van der Waals surface area (Å²) in [5.74, 6) is 1.64. The highest BCUT2D eigenvalue weighted by molar-refractivity contribution is 7.97. The quantitative estimate of drug-likeness (QED) is 0.858. The van der Waals surface area contributed by atoms with Crippen LogP contribution in [0, 0.1) is 0 Å². The van der Waals surface area contributed by atoms with E-state index in [0.29, 0.717) is 0 Å². The van der Waals surface area contributed by atoms with Crippen LogP contribution in [0.1, 0.15) is 16.7 Å². The highest BCUT2D eigenvalue weighted by Gasteiger charge is 2.21. The van der Waals surface area contributed by atoms with Crippen LogP contribution in [-0.2, 0) is 19.7 Å². The average Bonchev–Trinajstić information content (AvgIpc) is 2.96. The van der Waals surface area contributed by atoms with E-state index in [0.717, 1.165) is 35.7 Å². The Hall–Kier alpha value is -1.69. The predicted octanol–water partition coefficient (Wildman–Crippen LogP) is 3.22. The second kappa shape index (κ2) is 6.60. The number of hydrogen-bond acceptors (Lipinski definition) is 5. The van der Waals surface area contributed by atoms with Gasteiger partial charge in [-0.25, -0.2) is 4.31 Å². The highest BCUT2D eigenvalue weighted by Crippen LogP contribution is 2.38. The van der Waals surface area contributed by atoms with Crippen LogP contribution in [0.2, 0.25) is 0 Å². The maximum Gasteiger partial charge on any atom is 0.127 e. The maximum absolute atomic E-state index is 9.24. The number of nitrogens with zero attached hydrogens (tertiary/aromatic N) is 1. The molecule has 116 valence electrons. The molecule has 1 N–H and O–H groups in total. The fraction of sp³-hybridized carbons (Fsp3) is 0.294. The Kier molecular flexibility index (Phi) is 4.57. The number of fused-ring (bicyclic) bond motifs is 1. The first-order chi connectivity index (χ1) is 10.7. The van der Waals surface area contributed by atoms with Crippen molar-refractivity contribution in [3.63, 3.8) is 0 Å². The van der Waals surface area contributed by atoms with E-state index in [-0.39, 0.29) is 6.61 Å². The number of ether oxygens (including phenoxy) is 2. The first-order valence-corrected chi connectivity index (χ1v) is 7.87. The van der Waals surface area contributed by atoms with Crippen molar-refractivity contribution in [1.29, 1.82) is 0 Å². The zero-order chi connectivity index (χ0) is 15.5. The van der Waals surface area contributed by atoms with Gasteiger partial charge in [0.05, 0.1) is 20.8 Å². The smallest absolute Gasteiger partial charge is 0.127 e. The van der Waals surface area contributed by atoms with Gasteiger partial charge < -0.3 is 14.6 Å². The summed E-state index contributed by atoms with van der Waals surface area (Å²) in [4.78, 5) is 1.25. The van der Waals surface area contributed by atoms with E-state index in [4.69, 9.17) is 9.47 Å². The van der Waals surface area contributed by atoms with Gasteiger partial charge in [-0.2, -0.15) is 0 Å². The molecule has 4 nitrogen and oxygen atoms in total. The topological polar surface area (TPSA) is 41.9 Å². The minimum absolute atomic E-state index is 0.0875. The Bertz CT molecular complexity index is 675. The minimum Gasteiger partial charge on any atom is -0.497 e. The molecule has 2 aromatic rings. The Morgan fingerprint density at radius 1 is 1.14 bits per heavy atom. The standard InChI is InChI=1S/C17H19NO3S/c1-20-15-5-4-13(16(8-15)21-2)9-18-10-14-7-12(11-19)3-6-17(14)22-18/h3-8,19H,9-11H2,1-2H3. The summed E-state index contributed by atoms with van der Waals surface area (Å²) in [6, 6.07) is 12.0. The molecule has 1 aliphatic heterocycles. The van der Waals surface area contributed by atoms with Crippen LogP contribution in [0.25, 0.3) is 0 Å². The lowest BCUT2D eigenvalue weighted by Crippen LogP contribution is -2.10. The molecule has 5 heteroatoms. The summed E-state index contributed by atoms with van der Waals surface area (Å²) in [5.41, 5.74) is 3.36. The third kappa shape index (κ3) is 3.06. The molecule has 0 unspecified atom stereocenters. The fourth-order valence-corrected chi connectivity index (χ4v) is 3.62. The number of aliphatic hydroxyl groups excluding tert-OH is 1. The maximum atomic E-state index is 9.24. The van der Waals surface area contributed by atoms with Gasteiger partial charge in [0, 0.05) is 29.6 Å². The minimum atomic E-state index is 0.0875. The second-order valence-corrected chi connectivity index (χ2v) is 6.31. The molecule has 0 spiro atoms. The van der Waals surface area contributed by atoms with Gasteiger partial charge in [0.1, 0.15) is 11.5 Å². The van der Waals surface area contributed by atoms with Crippen molar-refractivity contribution in [2.24, 2.45) is 0 Å². The molecule has 0 bridgehead atoms. The Morgan fingerprint density at radius 3 is 2.73 bits per heavy atom. The Balaban J connectivity index is 1.75.